The maximum atomic E-state index is 13.5. The van der Waals surface area contributed by atoms with E-state index in [2.05, 4.69) is 10.6 Å². The summed E-state index contributed by atoms with van der Waals surface area (Å²) in [7, 11) is 4.64. The van der Waals surface area contributed by atoms with E-state index in [9.17, 15) is 14.4 Å². The highest BCUT2D eigenvalue weighted by molar-refractivity contribution is 7.99. The third-order valence-electron chi connectivity index (χ3n) is 5.94. The molecule has 0 saturated heterocycles. The molecule has 0 radical (unpaired) electrons. The number of methoxy groups -OCH3 is 3. The van der Waals surface area contributed by atoms with Gasteiger partial charge in [-0.25, -0.2) is 0 Å². The Kier molecular flexibility index (Phi) is 8.42. The van der Waals surface area contributed by atoms with E-state index in [1.807, 2.05) is 36.4 Å². The second-order valence-corrected chi connectivity index (χ2v) is 9.77. The minimum atomic E-state index is -0.336. The van der Waals surface area contributed by atoms with Crippen molar-refractivity contribution >= 4 is 46.5 Å². The van der Waals surface area contributed by atoms with E-state index in [1.165, 1.54) is 11.8 Å². The molecule has 1 unspecified atom stereocenters. The molecule has 0 aromatic heterocycles. The molecule has 9 nitrogen and oxygen atoms in total. The van der Waals surface area contributed by atoms with Crippen molar-refractivity contribution in [2.75, 3.05) is 43.4 Å². The largest absolute Gasteiger partial charge is 0.493 e. The summed E-state index contributed by atoms with van der Waals surface area (Å²) in [6.07, 6.45) is 0.163. The Morgan fingerprint density at radius 3 is 2.11 bits per heavy atom. The van der Waals surface area contributed by atoms with Crippen LogP contribution in [0.4, 0.5) is 17.1 Å². The second kappa shape index (κ2) is 11.9. The molecule has 2 N–H and O–H groups in total. The highest BCUT2D eigenvalue weighted by Gasteiger charge is 2.31. The average Bonchev–Trinajstić information content (AvgIpc) is 3.04. The number of carbonyl (C=O) groups is 3. The maximum absolute atomic E-state index is 13.5. The number of benzene rings is 3. The van der Waals surface area contributed by atoms with Crippen LogP contribution < -0.4 is 29.7 Å². The van der Waals surface area contributed by atoms with Crippen LogP contribution in [0.15, 0.2) is 65.6 Å². The second-order valence-electron chi connectivity index (χ2n) is 8.52. The summed E-state index contributed by atoms with van der Waals surface area (Å²) in [6, 6.07) is 18.0. The van der Waals surface area contributed by atoms with Crippen LogP contribution in [0.1, 0.15) is 24.2 Å². The standard InChI is InChI=1S/C28H29N3O6S/c1-17(32)29-19-9-11-20(12-10-19)30-26(33)16-31-21-7-5-6-8-24(21)38-25(15-27(31)34)18-13-22(35-2)28(37-4)23(14-18)36-3/h5-14,25H,15-16H2,1-4H3,(H,29,32)(H,30,33). The van der Waals surface area contributed by atoms with Gasteiger partial charge in [0, 0.05) is 34.9 Å². The SMILES string of the molecule is COc1cc(C2CC(=O)N(CC(=O)Nc3ccc(NC(C)=O)cc3)c3ccccc3S2)cc(OC)c1OC. The molecule has 0 saturated carbocycles. The Labute approximate surface area is 225 Å². The van der Waals surface area contributed by atoms with Crippen molar-refractivity contribution < 1.29 is 28.6 Å². The first-order valence-corrected chi connectivity index (χ1v) is 12.7. The van der Waals surface area contributed by atoms with Crippen molar-refractivity contribution in [3.63, 3.8) is 0 Å². The summed E-state index contributed by atoms with van der Waals surface area (Å²) in [5.41, 5.74) is 2.71. The van der Waals surface area contributed by atoms with E-state index >= 15 is 0 Å². The molecule has 38 heavy (non-hydrogen) atoms. The number of hydrogen-bond donors (Lipinski definition) is 2. The molecule has 0 fully saturated rings. The number of rotatable bonds is 8. The van der Waals surface area contributed by atoms with Gasteiger partial charge >= 0.3 is 0 Å². The first-order valence-electron chi connectivity index (χ1n) is 11.9. The van der Waals surface area contributed by atoms with Crippen LogP contribution in [0, 0.1) is 0 Å². The number of hydrogen-bond acceptors (Lipinski definition) is 7. The number of ether oxygens (including phenoxy) is 3. The zero-order valence-corrected chi connectivity index (χ0v) is 22.4. The molecule has 0 spiro atoms. The molecule has 1 atom stereocenters. The van der Waals surface area contributed by atoms with Crippen molar-refractivity contribution in [1.82, 2.24) is 0 Å². The number of fused-ring (bicyclic) bond motifs is 1. The molecule has 3 aromatic rings. The van der Waals surface area contributed by atoms with Crippen LogP contribution >= 0.6 is 11.8 Å². The van der Waals surface area contributed by atoms with E-state index in [0.717, 1.165) is 10.5 Å². The number of thioether (sulfide) groups is 1. The molecule has 1 aliphatic heterocycles. The van der Waals surface area contributed by atoms with Gasteiger partial charge in [0.05, 0.1) is 27.0 Å². The summed E-state index contributed by atoms with van der Waals surface area (Å²) >= 11 is 1.55. The predicted molar refractivity (Wildman–Crippen MR) is 147 cm³/mol. The Balaban J connectivity index is 1.57. The predicted octanol–water partition coefficient (Wildman–Crippen LogP) is 4.88. The molecule has 1 aliphatic rings. The molecule has 4 rings (SSSR count). The molecule has 10 heteroatoms. The van der Waals surface area contributed by atoms with Gasteiger partial charge in [-0.3, -0.25) is 14.4 Å². The van der Waals surface area contributed by atoms with Gasteiger partial charge in [0.1, 0.15) is 6.54 Å². The van der Waals surface area contributed by atoms with Crippen molar-refractivity contribution in [3.8, 4) is 17.2 Å². The number of nitrogens with zero attached hydrogens (tertiary/aromatic N) is 1. The van der Waals surface area contributed by atoms with Gasteiger partial charge in [-0.15, -0.1) is 11.8 Å². The Hall–Kier alpha value is -4.18. The van der Waals surface area contributed by atoms with Crippen LogP contribution in [0.25, 0.3) is 0 Å². The van der Waals surface area contributed by atoms with Crippen LogP contribution in [0.2, 0.25) is 0 Å². The maximum Gasteiger partial charge on any atom is 0.244 e. The number of anilines is 3. The quantitative estimate of drug-likeness (QED) is 0.424. The molecule has 0 bridgehead atoms. The van der Waals surface area contributed by atoms with Gasteiger partial charge in [-0.2, -0.15) is 0 Å². The van der Waals surface area contributed by atoms with Gasteiger partial charge in [0.25, 0.3) is 0 Å². The lowest BCUT2D eigenvalue weighted by molar-refractivity contribution is -0.121. The number of para-hydroxylation sites is 1. The van der Waals surface area contributed by atoms with E-state index < -0.39 is 0 Å². The summed E-state index contributed by atoms with van der Waals surface area (Å²) < 4.78 is 16.5. The van der Waals surface area contributed by atoms with E-state index in [-0.39, 0.29) is 35.9 Å². The van der Waals surface area contributed by atoms with Crippen LogP contribution in [-0.2, 0) is 14.4 Å². The molecule has 3 aromatic carbocycles. The van der Waals surface area contributed by atoms with Crippen LogP contribution in [0.3, 0.4) is 0 Å². The monoisotopic (exact) mass is 535 g/mol. The normalized spacial score (nSPS) is 14.7. The van der Waals surface area contributed by atoms with Gasteiger partial charge in [0.2, 0.25) is 23.5 Å². The third-order valence-corrected chi connectivity index (χ3v) is 7.26. The summed E-state index contributed by atoms with van der Waals surface area (Å²) in [5, 5.41) is 5.27. The fourth-order valence-electron chi connectivity index (χ4n) is 4.21. The molecular weight excluding hydrogens is 506 g/mol. The zero-order chi connectivity index (χ0) is 27.2. The van der Waals surface area contributed by atoms with Crippen LogP contribution in [0.5, 0.6) is 17.2 Å². The number of carbonyl (C=O) groups excluding carboxylic acids is 3. The van der Waals surface area contributed by atoms with E-state index in [0.29, 0.717) is 34.3 Å². The topological polar surface area (TPSA) is 106 Å². The minimum Gasteiger partial charge on any atom is -0.493 e. The third kappa shape index (κ3) is 6.03. The smallest absolute Gasteiger partial charge is 0.244 e. The molecule has 198 valence electrons. The van der Waals surface area contributed by atoms with Crippen molar-refractivity contribution in [2.45, 2.75) is 23.5 Å². The summed E-state index contributed by atoms with van der Waals surface area (Å²) in [6.45, 7) is 1.28. The Morgan fingerprint density at radius 2 is 1.53 bits per heavy atom. The average molecular weight is 536 g/mol. The fraction of sp³-hybridized carbons (Fsp3) is 0.250. The summed E-state index contributed by atoms with van der Waals surface area (Å²) in [4.78, 5) is 40.1. The van der Waals surface area contributed by atoms with E-state index in [1.54, 1.807) is 57.4 Å². The lowest BCUT2D eigenvalue weighted by Gasteiger charge is -2.22. The van der Waals surface area contributed by atoms with Crippen molar-refractivity contribution in [2.24, 2.45) is 0 Å². The minimum absolute atomic E-state index is 0.147. The van der Waals surface area contributed by atoms with Crippen molar-refractivity contribution in [3.05, 3.63) is 66.2 Å². The molecular formula is C28H29N3O6S. The lowest BCUT2D eigenvalue weighted by atomic mass is 10.1. The first-order chi connectivity index (χ1) is 18.3. The van der Waals surface area contributed by atoms with Gasteiger partial charge < -0.3 is 29.7 Å². The first kappa shape index (κ1) is 26.9. The fourth-order valence-corrected chi connectivity index (χ4v) is 5.47. The highest BCUT2D eigenvalue weighted by atomic mass is 32.2. The van der Waals surface area contributed by atoms with Crippen LogP contribution in [-0.4, -0.2) is 45.6 Å². The van der Waals surface area contributed by atoms with E-state index in [4.69, 9.17) is 14.2 Å². The number of nitrogens with one attached hydrogen (secondary N) is 2. The van der Waals surface area contributed by atoms with Gasteiger partial charge in [-0.05, 0) is 54.1 Å². The Morgan fingerprint density at radius 1 is 0.921 bits per heavy atom. The molecule has 1 heterocycles. The lowest BCUT2D eigenvalue weighted by Crippen LogP contribution is -2.38. The zero-order valence-electron chi connectivity index (χ0n) is 21.6. The van der Waals surface area contributed by atoms with Crippen molar-refractivity contribution in [1.29, 1.82) is 0 Å². The Bertz CT molecular complexity index is 1320. The molecule has 3 amide bonds. The summed E-state index contributed by atoms with van der Waals surface area (Å²) in [5.74, 6) is 0.797. The van der Waals surface area contributed by atoms with Gasteiger partial charge in [0.15, 0.2) is 11.5 Å². The van der Waals surface area contributed by atoms with Gasteiger partial charge in [-0.1, -0.05) is 12.1 Å². The highest BCUT2D eigenvalue weighted by Crippen LogP contribution is 2.49. The number of amides is 3. The molecule has 0 aliphatic carbocycles.